The molecule has 0 spiro atoms. The summed E-state index contributed by atoms with van der Waals surface area (Å²) in [5.41, 5.74) is 2.93. The van der Waals surface area contributed by atoms with E-state index < -0.39 is 5.69 Å². The average Bonchev–Trinajstić information content (AvgIpc) is 2.67. The maximum Gasteiger partial charge on any atom is 0.331 e. The van der Waals surface area contributed by atoms with Crippen molar-refractivity contribution >= 4 is 16.8 Å². The Morgan fingerprint density at radius 3 is 2.50 bits per heavy atom. The van der Waals surface area contributed by atoms with Gasteiger partial charge in [-0.2, -0.15) is 0 Å². The van der Waals surface area contributed by atoms with Crippen molar-refractivity contribution in [1.29, 1.82) is 0 Å². The second-order valence-corrected chi connectivity index (χ2v) is 7.08. The number of hydrogen-bond acceptors (Lipinski definition) is 3. The van der Waals surface area contributed by atoms with Crippen molar-refractivity contribution in [2.24, 2.45) is 0 Å². The number of nitrogens with one attached hydrogen (secondary N) is 1. The number of amides is 1. The fourth-order valence-electron chi connectivity index (χ4n) is 3.54. The van der Waals surface area contributed by atoms with Gasteiger partial charge in [0.25, 0.3) is 5.56 Å². The monoisotopic (exact) mass is 379 g/mol. The summed E-state index contributed by atoms with van der Waals surface area (Å²) >= 11 is 0. The normalized spacial score (nSPS) is 12.1. The van der Waals surface area contributed by atoms with Gasteiger partial charge in [-0.3, -0.25) is 18.7 Å². The van der Waals surface area contributed by atoms with Crippen molar-refractivity contribution in [3.05, 3.63) is 80.0 Å². The lowest BCUT2D eigenvalue weighted by Crippen LogP contribution is -2.42. The molecule has 0 fully saturated rings. The van der Waals surface area contributed by atoms with E-state index in [9.17, 15) is 14.4 Å². The lowest BCUT2D eigenvalue weighted by atomic mass is 10.00. The highest BCUT2D eigenvalue weighted by molar-refractivity contribution is 5.81. The number of para-hydroxylation sites is 1. The first-order valence-electron chi connectivity index (χ1n) is 9.42. The van der Waals surface area contributed by atoms with Crippen LogP contribution in [0.2, 0.25) is 0 Å². The van der Waals surface area contributed by atoms with Crippen LogP contribution in [0.4, 0.5) is 0 Å². The maximum absolute atomic E-state index is 12.8. The second kappa shape index (κ2) is 7.84. The fraction of sp³-hybridized carbons (Fsp3) is 0.318. The molecule has 1 heterocycles. The summed E-state index contributed by atoms with van der Waals surface area (Å²) in [6.07, 6.45) is 0. The summed E-state index contributed by atoms with van der Waals surface area (Å²) in [6.45, 7) is 7.79. The van der Waals surface area contributed by atoms with Crippen LogP contribution in [0.25, 0.3) is 10.9 Å². The Labute approximate surface area is 163 Å². The first-order chi connectivity index (χ1) is 13.3. The maximum atomic E-state index is 12.8. The van der Waals surface area contributed by atoms with E-state index in [2.05, 4.69) is 11.4 Å². The van der Waals surface area contributed by atoms with E-state index in [1.807, 2.05) is 32.9 Å². The summed E-state index contributed by atoms with van der Waals surface area (Å²) in [7, 11) is 0. The van der Waals surface area contributed by atoms with E-state index in [4.69, 9.17) is 0 Å². The van der Waals surface area contributed by atoms with Gasteiger partial charge in [-0.25, -0.2) is 4.79 Å². The van der Waals surface area contributed by atoms with Crippen molar-refractivity contribution in [3.8, 4) is 0 Å². The molecule has 1 amide bonds. The topological polar surface area (TPSA) is 73.1 Å². The summed E-state index contributed by atoms with van der Waals surface area (Å²) in [6, 6.07) is 12.8. The van der Waals surface area contributed by atoms with Crippen LogP contribution in [0, 0.1) is 13.8 Å². The van der Waals surface area contributed by atoms with Crippen LogP contribution in [0.5, 0.6) is 0 Å². The van der Waals surface area contributed by atoms with Crippen LogP contribution in [-0.2, 0) is 17.9 Å². The Bertz CT molecular complexity index is 1160. The molecule has 6 heteroatoms. The molecule has 28 heavy (non-hydrogen) atoms. The second-order valence-electron chi connectivity index (χ2n) is 7.08. The molecular weight excluding hydrogens is 354 g/mol. The van der Waals surface area contributed by atoms with Crippen LogP contribution in [0.15, 0.2) is 52.1 Å². The molecule has 3 aromatic rings. The molecule has 0 saturated carbocycles. The Morgan fingerprint density at radius 1 is 1.07 bits per heavy atom. The van der Waals surface area contributed by atoms with Gasteiger partial charge in [0.2, 0.25) is 5.91 Å². The highest BCUT2D eigenvalue weighted by Gasteiger charge is 2.16. The third-order valence-electron chi connectivity index (χ3n) is 5.03. The van der Waals surface area contributed by atoms with Gasteiger partial charge >= 0.3 is 5.69 Å². The first kappa shape index (κ1) is 19.6. The standard InChI is InChI=1S/C22H25N3O3/c1-5-24-21(27)17-8-6-7-9-19(17)25(22(24)28)13-20(26)23-16(4)18-12-14(2)10-11-15(18)3/h6-12,16H,5,13H2,1-4H3,(H,23,26). The van der Waals surface area contributed by atoms with Crippen molar-refractivity contribution in [2.75, 3.05) is 0 Å². The molecule has 1 aromatic heterocycles. The lowest BCUT2D eigenvalue weighted by Gasteiger charge is -2.18. The smallest absolute Gasteiger partial charge is 0.331 e. The van der Waals surface area contributed by atoms with Crippen molar-refractivity contribution < 1.29 is 4.79 Å². The molecule has 146 valence electrons. The average molecular weight is 379 g/mol. The fourth-order valence-corrected chi connectivity index (χ4v) is 3.54. The van der Waals surface area contributed by atoms with Crippen molar-refractivity contribution in [3.63, 3.8) is 0 Å². The number of fused-ring (bicyclic) bond motifs is 1. The predicted molar refractivity (Wildman–Crippen MR) is 111 cm³/mol. The SMILES string of the molecule is CCn1c(=O)c2ccccc2n(CC(=O)NC(C)c2cc(C)ccc2C)c1=O. The van der Waals surface area contributed by atoms with Gasteiger partial charge in [0.05, 0.1) is 16.9 Å². The Morgan fingerprint density at radius 2 is 1.79 bits per heavy atom. The number of aromatic nitrogens is 2. The predicted octanol–water partition coefficient (Wildman–Crippen LogP) is 2.68. The minimum atomic E-state index is -0.472. The van der Waals surface area contributed by atoms with E-state index >= 15 is 0 Å². The van der Waals surface area contributed by atoms with E-state index in [1.165, 1.54) is 4.57 Å². The summed E-state index contributed by atoms with van der Waals surface area (Å²) in [4.78, 5) is 38.0. The largest absolute Gasteiger partial charge is 0.348 e. The number of aryl methyl sites for hydroxylation is 2. The molecule has 3 rings (SSSR count). The van der Waals surface area contributed by atoms with Crippen LogP contribution in [0.1, 0.15) is 36.6 Å². The quantitative estimate of drug-likeness (QED) is 0.741. The molecule has 0 bridgehead atoms. The zero-order valence-corrected chi connectivity index (χ0v) is 16.7. The molecule has 1 N–H and O–H groups in total. The van der Waals surface area contributed by atoms with E-state index in [0.717, 1.165) is 21.3 Å². The van der Waals surface area contributed by atoms with E-state index in [-0.39, 0.29) is 30.6 Å². The summed E-state index contributed by atoms with van der Waals surface area (Å²) < 4.78 is 2.52. The number of rotatable bonds is 5. The molecule has 0 aliphatic carbocycles. The van der Waals surface area contributed by atoms with Gasteiger partial charge in [-0.05, 0) is 51.0 Å². The minimum absolute atomic E-state index is 0.144. The highest BCUT2D eigenvalue weighted by Crippen LogP contribution is 2.19. The molecule has 1 atom stereocenters. The number of carbonyl (C=O) groups is 1. The Hall–Kier alpha value is -3.15. The summed E-state index contributed by atoms with van der Waals surface area (Å²) in [5.74, 6) is -0.276. The number of hydrogen-bond donors (Lipinski definition) is 1. The van der Waals surface area contributed by atoms with Gasteiger partial charge in [-0.1, -0.05) is 35.9 Å². The molecule has 1 unspecified atom stereocenters. The van der Waals surface area contributed by atoms with Crippen molar-refractivity contribution in [2.45, 2.75) is 46.8 Å². The number of nitrogens with zero attached hydrogens (tertiary/aromatic N) is 2. The van der Waals surface area contributed by atoms with Gasteiger partial charge in [0.15, 0.2) is 0 Å². The first-order valence-corrected chi connectivity index (χ1v) is 9.42. The van der Waals surface area contributed by atoms with Crippen LogP contribution < -0.4 is 16.6 Å². The molecule has 6 nitrogen and oxygen atoms in total. The zero-order valence-electron chi connectivity index (χ0n) is 16.7. The Balaban J connectivity index is 1.94. The third-order valence-corrected chi connectivity index (χ3v) is 5.03. The molecular formula is C22H25N3O3. The molecule has 2 aromatic carbocycles. The van der Waals surface area contributed by atoms with E-state index in [0.29, 0.717) is 10.9 Å². The minimum Gasteiger partial charge on any atom is -0.348 e. The van der Waals surface area contributed by atoms with Crippen LogP contribution in [-0.4, -0.2) is 15.0 Å². The third kappa shape index (κ3) is 3.63. The van der Waals surface area contributed by atoms with Gasteiger partial charge in [0, 0.05) is 6.54 Å². The number of carbonyl (C=O) groups excluding carboxylic acids is 1. The van der Waals surface area contributed by atoms with Crippen LogP contribution >= 0.6 is 0 Å². The lowest BCUT2D eigenvalue weighted by molar-refractivity contribution is -0.122. The highest BCUT2D eigenvalue weighted by atomic mass is 16.2. The van der Waals surface area contributed by atoms with Gasteiger partial charge < -0.3 is 5.32 Å². The molecule has 0 aliphatic heterocycles. The molecule has 0 saturated heterocycles. The van der Waals surface area contributed by atoms with Gasteiger partial charge in [0.1, 0.15) is 6.54 Å². The molecule has 0 aliphatic rings. The Kier molecular flexibility index (Phi) is 5.49. The summed E-state index contributed by atoms with van der Waals surface area (Å²) in [5, 5.41) is 3.40. The number of benzene rings is 2. The van der Waals surface area contributed by atoms with Crippen molar-refractivity contribution in [1.82, 2.24) is 14.5 Å². The zero-order chi connectivity index (χ0) is 20.4. The van der Waals surface area contributed by atoms with Gasteiger partial charge in [-0.15, -0.1) is 0 Å². The molecule has 0 radical (unpaired) electrons. The van der Waals surface area contributed by atoms with Crippen LogP contribution in [0.3, 0.4) is 0 Å². The van der Waals surface area contributed by atoms with E-state index in [1.54, 1.807) is 31.2 Å².